The van der Waals surface area contributed by atoms with Gasteiger partial charge in [-0.15, -0.1) is 12.4 Å². The highest BCUT2D eigenvalue weighted by molar-refractivity contribution is 7.89. The Labute approximate surface area is 151 Å². The molecule has 25 heavy (non-hydrogen) atoms. The van der Waals surface area contributed by atoms with Gasteiger partial charge in [-0.1, -0.05) is 6.07 Å². The minimum atomic E-state index is -3.89. The van der Waals surface area contributed by atoms with E-state index in [0.29, 0.717) is 18.8 Å². The average Bonchev–Trinajstić information content (AvgIpc) is 2.60. The van der Waals surface area contributed by atoms with Crippen LogP contribution in [0.2, 0.25) is 0 Å². The lowest BCUT2D eigenvalue weighted by Crippen LogP contribution is -2.48. The second kappa shape index (κ2) is 9.68. The Morgan fingerprint density at radius 1 is 1.40 bits per heavy atom. The molecule has 1 aliphatic rings. The van der Waals surface area contributed by atoms with Gasteiger partial charge in [-0.25, -0.2) is 8.42 Å². The first-order chi connectivity index (χ1) is 11.4. The normalized spacial score (nSPS) is 17.2. The number of sulfonamides is 1. The number of esters is 1. The fourth-order valence-corrected chi connectivity index (χ4v) is 3.03. The van der Waals surface area contributed by atoms with E-state index in [4.69, 9.17) is 4.74 Å². The van der Waals surface area contributed by atoms with Gasteiger partial charge in [0.15, 0.2) is 0 Å². The number of anilines is 1. The van der Waals surface area contributed by atoms with Crippen LogP contribution in [-0.2, 0) is 29.1 Å². The highest BCUT2D eigenvalue weighted by Crippen LogP contribution is 2.15. The summed E-state index contributed by atoms with van der Waals surface area (Å²) < 4.78 is 36.0. The molecule has 2 rings (SSSR count). The van der Waals surface area contributed by atoms with E-state index >= 15 is 0 Å². The van der Waals surface area contributed by atoms with Gasteiger partial charge in [0.25, 0.3) is 0 Å². The molecule has 0 aliphatic carbocycles. The largest absolute Gasteiger partial charge is 0.468 e. The van der Waals surface area contributed by atoms with Crippen LogP contribution < -0.4 is 15.4 Å². The SMILES string of the molecule is COC(=O)CNS(=O)(=O)c1cccc(NC(=O)C2COCCN2)c1.Cl. The fraction of sp³-hybridized carbons (Fsp3) is 0.429. The maximum Gasteiger partial charge on any atom is 0.320 e. The molecule has 1 fully saturated rings. The first-order valence-corrected chi connectivity index (χ1v) is 8.69. The number of benzene rings is 1. The van der Waals surface area contributed by atoms with Crippen LogP contribution in [-0.4, -0.2) is 59.7 Å². The summed E-state index contributed by atoms with van der Waals surface area (Å²) in [7, 11) is -2.73. The Morgan fingerprint density at radius 2 is 2.16 bits per heavy atom. The summed E-state index contributed by atoms with van der Waals surface area (Å²) in [5.41, 5.74) is 0.327. The minimum absolute atomic E-state index is 0. The smallest absolute Gasteiger partial charge is 0.320 e. The number of nitrogens with one attached hydrogen (secondary N) is 3. The zero-order chi connectivity index (χ0) is 17.6. The first-order valence-electron chi connectivity index (χ1n) is 7.21. The lowest BCUT2D eigenvalue weighted by atomic mass is 10.2. The van der Waals surface area contributed by atoms with Gasteiger partial charge in [-0.05, 0) is 18.2 Å². The van der Waals surface area contributed by atoms with Crippen LogP contribution in [0.1, 0.15) is 0 Å². The highest BCUT2D eigenvalue weighted by Gasteiger charge is 2.22. The molecule has 1 aromatic rings. The number of carbonyl (C=O) groups is 2. The van der Waals surface area contributed by atoms with Crippen molar-refractivity contribution in [2.45, 2.75) is 10.9 Å². The molecule has 1 aliphatic heterocycles. The lowest BCUT2D eigenvalue weighted by molar-refractivity contribution is -0.139. The molecule has 1 aromatic carbocycles. The van der Waals surface area contributed by atoms with Crippen LogP contribution in [0.5, 0.6) is 0 Å². The van der Waals surface area contributed by atoms with Crippen LogP contribution in [0.4, 0.5) is 5.69 Å². The number of halogens is 1. The third-order valence-corrected chi connectivity index (χ3v) is 4.68. The summed E-state index contributed by atoms with van der Waals surface area (Å²) in [6.07, 6.45) is 0. The highest BCUT2D eigenvalue weighted by atomic mass is 35.5. The molecule has 3 N–H and O–H groups in total. The van der Waals surface area contributed by atoms with Gasteiger partial charge in [0.05, 0.1) is 25.2 Å². The molecule has 1 amide bonds. The van der Waals surface area contributed by atoms with E-state index in [9.17, 15) is 18.0 Å². The summed E-state index contributed by atoms with van der Waals surface area (Å²) in [5.74, 6) is -1.02. The Morgan fingerprint density at radius 3 is 2.80 bits per heavy atom. The van der Waals surface area contributed by atoms with E-state index in [0.717, 1.165) is 7.11 Å². The number of amides is 1. The molecule has 0 bridgehead atoms. The zero-order valence-corrected chi connectivity index (χ0v) is 15.1. The Hall–Kier alpha value is -1.72. The van der Waals surface area contributed by atoms with Crippen molar-refractivity contribution in [1.82, 2.24) is 10.0 Å². The second-order valence-corrected chi connectivity index (χ2v) is 6.77. The summed E-state index contributed by atoms with van der Waals surface area (Å²) in [6.45, 7) is 0.899. The molecule has 0 aromatic heterocycles. The third kappa shape index (κ3) is 6.25. The first kappa shape index (κ1) is 21.3. The van der Waals surface area contributed by atoms with Gasteiger partial charge in [0.1, 0.15) is 12.6 Å². The molecule has 1 heterocycles. The van der Waals surface area contributed by atoms with Crippen molar-refractivity contribution in [3.8, 4) is 0 Å². The van der Waals surface area contributed by atoms with Crippen LogP contribution in [0, 0.1) is 0 Å². The Bertz CT molecular complexity index is 706. The van der Waals surface area contributed by atoms with Gasteiger partial charge in [-0.2, -0.15) is 4.72 Å². The third-order valence-electron chi connectivity index (χ3n) is 3.28. The molecular formula is C14H20ClN3O6S. The monoisotopic (exact) mass is 393 g/mol. The molecule has 1 unspecified atom stereocenters. The van der Waals surface area contributed by atoms with Crippen molar-refractivity contribution in [1.29, 1.82) is 0 Å². The molecule has 9 nitrogen and oxygen atoms in total. The van der Waals surface area contributed by atoms with Crippen LogP contribution in [0.15, 0.2) is 29.2 Å². The molecule has 1 saturated heterocycles. The number of carbonyl (C=O) groups excluding carboxylic acids is 2. The average molecular weight is 394 g/mol. The molecule has 11 heteroatoms. The zero-order valence-electron chi connectivity index (χ0n) is 13.5. The number of ether oxygens (including phenoxy) is 2. The number of morpholine rings is 1. The van der Waals surface area contributed by atoms with E-state index in [1.165, 1.54) is 18.2 Å². The summed E-state index contributed by atoms with van der Waals surface area (Å²) >= 11 is 0. The fourth-order valence-electron chi connectivity index (χ4n) is 2.01. The van der Waals surface area contributed by atoms with E-state index in [1.807, 2.05) is 0 Å². The predicted molar refractivity (Wildman–Crippen MR) is 92.1 cm³/mol. The Balaban J connectivity index is 0.00000312. The number of hydrogen-bond donors (Lipinski definition) is 3. The lowest BCUT2D eigenvalue weighted by Gasteiger charge is -2.23. The van der Waals surface area contributed by atoms with Crippen molar-refractivity contribution in [3.63, 3.8) is 0 Å². The number of hydrogen-bond acceptors (Lipinski definition) is 7. The second-order valence-electron chi connectivity index (χ2n) is 5.00. The van der Waals surface area contributed by atoms with Crippen molar-refractivity contribution in [2.24, 2.45) is 0 Å². The van der Waals surface area contributed by atoms with Crippen LogP contribution in [0.25, 0.3) is 0 Å². The summed E-state index contributed by atoms with van der Waals surface area (Å²) in [5, 5.41) is 5.64. The van der Waals surface area contributed by atoms with Crippen LogP contribution in [0.3, 0.4) is 0 Å². The standard InChI is InChI=1S/C14H19N3O6S.ClH/c1-22-13(18)8-16-24(20,21)11-4-2-3-10(7-11)17-14(19)12-9-23-6-5-15-12;/h2-4,7,12,15-16H,5-6,8-9H2,1H3,(H,17,19);1H. The van der Waals surface area contributed by atoms with Gasteiger partial charge >= 0.3 is 5.97 Å². The van der Waals surface area contributed by atoms with Crippen LogP contribution >= 0.6 is 12.4 Å². The quantitative estimate of drug-likeness (QED) is 0.556. The molecular weight excluding hydrogens is 374 g/mol. The van der Waals surface area contributed by atoms with Crippen molar-refractivity contribution in [2.75, 3.05) is 38.7 Å². The topological polar surface area (TPSA) is 123 Å². The minimum Gasteiger partial charge on any atom is -0.468 e. The van der Waals surface area contributed by atoms with Gasteiger partial charge in [0, 0.05) is 12.2 Å². The summed E-state index contributed by atoms with van der Waals surface area (Å²) in [6, 6.07) is 5.24. The van der Waals surface area contributed by atoms with Crippen molar-refractivity contribution in [3.05, 3.63) is 24.3 Å². The molecule has 1 atom stereocenters. The Kier molecular flexibility index (Phi) is 8.26. The van der Waals surface area contributed by atoms with Crippen molar-refractivity contribution >= 4 is 40.0 Å². The van der Waals surface area contributed by atoms with Gasteiger partial charge in [0.2, 0.25) is 15.9 Å². The van der Waals surface area contributed by atoms with Gasteiger partial charge in [-0.3, -0.25) is 9.59 Å². The van der Waals surface area contributed by atoms with Gasteiger partial charge < -0.3 is 20.1 Å². The maximum atomic E-state index is 12.1. The predicted octanol–water partition coefficient (Wildman–Crippen LogP) is -0.513. The van der Waals surface area contributed by atoms with Crippen molar-refractivity contribution < 1.29 is 27.5 Å². The molecule has 0 spiro atoms. The molecule has 0 saturated carbocycles. The van der Waals surface area contributed by atoms with E-state index in [1.54, 1.807) is 6.07 Å². The molecule has 140 valence electrons. The van der Waals surface area contributed by atoms with E-state index in [2.05, 4.69) is 20.1 Å². The van der Waals surface area contributed by atoms with E-state index < -0.39 is 28.6 Å². The number of methoxy groups -OCH3 is 1. The molecule has 0 radical (unpaired) electrons. The van der Waals surface area contributed by atoms with E-state index in [-0.39, 0.29) is 29.8 Å². The summed E-state index contributed by atoms with van der Waals surface area (Å²) in [4.78, 5) is 23.1. The number of rotatable bonds is 6. The maximum absolute atomic E-state index is 12.1.